The maximum absolute atomic E-state index is 5.54. The highest BCUT2D eigenvalue weighted by atomic mass is 28.4. The molecule has 92 valence electrons. The molecule has 15 heavy (non-hydrogen) atoms. The minimum Gasteiger partial charge on any atom is -0.377 e. The van der Waals surface area contributed by atoms with Crippen LogP contribution >= 0.6 is 0 Å². The lowest BCUT2D eigenvalue weighted by Gasteiger charge is -2.34. The van der Waals surface area contributed by atoms with Gasteiger partial charge in [0.05, 0.1) is 0 Å². The van der Waals surface area contributed by atoms with E-state index in [1.807, 2.05) is 0 Å². The molecule has 0 heterocycles. The van der Waals surface area contributed by atoms with E-state index in [9.17, 15) is 0 Å². The fourth-order valence-corrected chi connectivity index (χ4v) is 4.74. The Labute approximate surface area is 94.5 Å². The van der Waals surface area contributed by atoms with E-state index < -0.39 is 8.80 Å². The van der Waals surface area contributed by atoms with E-state index in [2.05, 4.69) is 13.8 Å². The number of nitrogens with two attached hydrogens (primary N) is 1. The number of rotatable bonds is 8. The van der Waals surface area contributed by atoms with Crippen molar-refractivity contribution in [3.05, 3.63) is 0 Å². The van der Waals surface area contributed by atoms with Gasteiger partial charge in [-0.1, -0.05) is 13.8 Å². The van der Waals surface area contributed by atoms with Crippen molar-refractivity contribution in [3.8, 4) is 0 Å². The van der Waals surface area contributed by atoms with Crippen LogP contribution in [-0.4, -0.2) is 36.7 Å². The fourth-order valence-electron chi connectivity index (χ4n) is 1.96. The zero-order chi connectivity index (χ0) is 11.9. The van der Waals surface area contributed by atoms with Crippen LogP contribution in [0, 0.1) is 5.92 Å². The average Bonchev–Trinajstić information content (AvgIpc) is 2.24. The van der Waals surface area contributed by atoms with Crippen molar-refractivity contribution in [2.24, 2.45) is 11.7 Å². The van der Waals surface area contributed by atoms with Crippen LogP contribution in [0.15, 0.2) is 0 Å². The van der Waals surface area contributed by atoms with E-state index in [1.165, 1.54) is 0 Å². The molecule has 0 spiro atoms. The van der Waals surface area contributed by atoms with E-state index in [-0.39, 0.29) is 0 Å². The van der Waals surface area contributed by atoms with Crippen LogP contribution in [0.4, 0.5) is 0 Å². The van der Waals surface area contributed by atoms with Gasteiger partial charge in [-0.25, -0.2) is 0 Å². The summed E-state index contributed by atoms with van der Waals surface area (Å²) in [4.78, 5) is 0. The molecule has 0 rings (SSSR count). The first-order valence-corrected chi connectivity index (χ1v) is 7.23. The summed E-state index contributed by atoms with van der Waals surface area (Å²) >= 11 is 0. The fraction of sp³-hybridized carbons (Fsp3) is 1.00. The van der Waals surface area contributed by atoms with Crippen LogP contribution in [0.2, 0.25) is 5.54 Å². The molecule has 0 saturated carbocycles. The molecule has 0 aliphatic carbocycles. The third-order valence-corrected chi connectivity index (χ3v) is 6.40. The van der Waals surface area contributed by atoms with Gasteiger partial charge < -0.3 is 19.0 Å². The number of hydrogen-bond acceptors (Lipinski definition) is 4. The molecule has 0 aliphatic heterocycles. The first-order chi connectivity index (χ1) is 7.07. The molecule has 1 atom stereocenters. The second-order valence-corrected chi connectivity index (χ2v) is 7.17. The van der Waals surface area contributed by atoms with Gasteiger partial charge in [-0.3, -0.25) is 0 Å². The van der Waals surface area contributed by atoms with Crippen molar-refractivity contribution in [1.29, 1.82) is 0 Å². The third kappa shape index (κ3) is 3.84. The van der Waals surface area contributed by atoms with Crippen LogP contribution in [0.1, 0.15) is 26.7 Å². The molecule has 0 radical (unpaired) electrons. The Balaban J connectivity index is 4.66. The highest BCUT2D eigenvalue weighted by Crippen LogP contribution is 2.35. The quantitative estimate of drug-likeness (QED) is 0.650. The zero-order valence-electron chi connectivity index (χ0n) is 10.6. The van der Waals surface area contributed by atoms with Gasteiger partial charge in [0.15, 0.2) is 0 Å². The normalized spacial score (nSPS) is 14.6. The van der Waals surface area contributed by atoms with E-state index >= 15 is 0 Å². The molecule has 0 fully saturated rings. The zero-order valence-corrected chi connectivity index (χ0v) is 11.6. The lowest BCUT2D eigenvalue weighted by Crippen LogP contribution is -2.49. The van der Waals surface area contributed by atoms with E-state index in [1.54, 1.807) is 21.3 Å². The monoisotopic (exact) mass is 235 g/mol. The minimum absolute atomic E-state index is 0.320. The van der Waals surface area contributed by atoms with Crippen molar-refractivity contribution in [1.82, 2.24) is 0 Å². The van der Waals surface area contributed by atoms with E-state index in [0.717, 1.165) is 12.8 Å². The lowest BCUT2D eigenvalue weighted by atomic mass is 10.1. The molecule has 5 heteroatoms. The SMILES string of the molecule is CO[Si](OC)(OC)C(CCCN)C(C)C. The van der Waals surface area contributed by atoms with Gasteiger partial charge in [0.25, 0.3) is 0 Å². The molecule has 0 saturated heterocycles. The molecule has 4 nitrogen and oxygen atoms in total. The van der Waals surface area contributed by atoms with Gasteiger partial charge in [0.2, 0.25) is 0 Å². The Morgan fingerprint density at radius 1 is 1.07 bits per heavy atom. The van der Waals surface area contributed by atoms with Gasteiger partial charge >= 0.3 is 8.80 Å². The van der Waals surface area contributed by atoms with Crippen molar-refractivity contribution in [2.45, 2.75) is 32.2 Å². The molecule has 0 bridgehead atoms. The summed E-state index contributed by atoms with van der Waals surface area (Å²) in [6.07, 6.45) is 1.98. The van der Waals surface area contributed by atoms with E-state index in [0.29, 0.717) is 18.0 Å². The summed E-state index contributed by atoms with van der Waals surface area (Å²) in [5, 5.41) is 0. The Hall–Kier alpha value is 0.0569. The van der Waals surface area contributed by atoms with Crippen molar-refractivity contribution >= 4 is 8.80 Å². The van der Waals surface area contributed by atoms with Crippen LogP contribution in [0.3, 0.4) is 0 Å². The Morgan fingerprint density at radius 2 is 1.53 bits per heavy atom. The van der Waals surface area contributed by atoms with Crippen molar-refractivity contribution in [2.75, 3.05) is 27.9 Å². The van der Waals surface area contributed by atoms with Gasteiger partial charge in [-0.2, -0.15) is 0 Å². The summed E-state index contributed by atoms with van der Waals surface area (Å²) in [7, 11) is 2.49. The molecular formula is C10H25NO3Si. The predicted molar refractivity (Wildman–Crippen MR) is 63.7 cm³/mol. The molecule has 0 aromatic carbocycles. The predicted octanol–water partition coefficient (Wildman–Crippen LogP) is 1.63. The summed E-state index contributed by atoms with van der Waals surface area (Å²) in [5.41, 5.74) is 5.86. The smallest absolute Gasteiger partial charge is 0.377 e. The van der Waals surface area contributed by atoms with E-state index in [4.69, 9.17) is 19.0 Å². The Kier molecular flexibility index (Phi) is 7.38. The van der Waals surface area contributed by atoms with Crippen LogP contribution in [0.5, 0.6) is 0 Å². The summed E-state index contributed by atoms with van der Waals surface area (Å²) in [6.45, 7) is 5.03. The van der Waals surface area contributed by atoms with Crippen molar-refractivity contribution in [3.63, 3.8) is 0 Å². The largest absolute Gasteiger partial charge is 0.503 e. The molecule has 0 aromatic rings. The first-order valence-electron chi connectivity index (χ1n) is 5.43. The summed E-state index contributed by atoms with van der Waals surface area (Å²) in [5.74, 6) is 0.475. The van der Waals surface area contributed by atoms with Crippen molar-refractivity contribution < 1.29 is 13.3 Å². The van der Waals surface area contributed by atoms with Gasteiger partial charge in [-0.05, 0) is 25.3 Å². The molecule has 0 amide bonds. The standard InChI is InChI=1S/C10H25NO3Si/c1-9(2)10(7-6-8-11)15(12-3,13-4)14-5/h9-10H,6-8,11H2,1-5H3. The average molecular weight is 235 g/mol. The minimum atomic E-state index is -2.50. The van der Waals surface area contributed by atoms with Gasteiger partial charge in [-0.15, -0.1) is 0 Å². The number of hydrogen-bond donors (Lipinski definition) is 1. The Bertz CT molecular complexity index is 154. The maximum atomic E-state index is 5.54. The lowest BCUT2D eigenvalue weighted by molar-refractivity contribution is 0.102. The highest BCUT2D eigenvalue weighted by molar-refractivity contribution is 6.62. The van der Waals surface area contributed by atoms with Crippen LogP contribution in [-0.2, 0) is 13.3 Å². The summed E-state index contributed by atoms with van der Waals surface area (Å²) < 4.78 is 16.5. The molecule has 0 aromatic heterocycles. The second kappa shape index (κ2) is 7.35. The molecule has 0 aliphatic rings. The van der Waals surface area contributed by atoms with Crippen LogP contribution in [0.25, 0.3) is 0 Å². The molecule has 1 unspecified atom stereocenters. The topological polar surface area (TPSA) is 53.7 Å². The maximum Gasteiger partial charge on any atom is 0.503 e. The Morgan fingerprint density at radius 3 is 1.80 bits per heavy atom. The second-order valence-electron chi connectivity index (χ2n) is 4.00. The molecule has 2 N–H and O–H groups in total. The van der Waals surface area contributed by atoms with Crippen LogP contribution < -0.4 is 5.73 Å². The highest BCUT2D eigenvalue weighted by Gasteiger charge is 2.48. The first kappa shape index (κ1) is 15.1. The molecular weight excluding hydrogens is 210 g/mol. The van der Waals surface area contributed by atoms with Gasteiger partial charge in [0, 0.05) is 26.9 Å². The third-order valence-electron chi connectivity index (χ3n) is 2.83. The summed E-state index contributed by atoms with van der Waals surface area (Å²) in [6, 6.07) is 0. The van der Waals surface area contributed by atoms with Gasteiger partial charge in [0.1, 0.15) is 0 Å².